The van der Waals surface area contributed by atoms with E-state index in [9.17, 15) is 0 Å². The monoisotopic (exact) mass is 273 g/mol. The fourth-order valence-electron chi connectivity index (χ4n) is 2.38. The smallest absolute Gasteiger partial charge is 0.0991 e. The van der Waals surface area contributed by atoms with Gasteiger partial charge in [0.1, 0.15) is 0 Å². The molecule has 0 aliphatic heterocycles. The molecule has 0 bridgehead atoms. The molecule has 0 saturated heterocycles. The molecule has 1 unspecified atom stereocenters. The van der Waals surface area contributed by atoms with Crippen molar-refractivity contribution < 1.29 is 0 Å². The lowest BCUT2D eigenvalue weighted by Crippen LogP contribution is -2.07. The Morgan fingerprint density at radius 2 is 1.81 bits per heavy atom. The van der Waals surface area contributed by atoms with Crippen LogP contribution in [0, 0.1) is 11.3 Å². The van der Waals surface area contributed by atoms with E-state index in [0.29, 0.717) is 5.56 Å². The molecule has 21 heavy (non-hydrogen) atoms. The Balaban J connectivity index is 1.89. The van der Waals surface area contributed by atoms with Gasteiger partial charge in [-0.2, -0.15) is 5.26 Å². The number of fused-ring (bicyclic) bond motifs is 1. The molecule has 0 fully saturated rings. The van der Waals surface area contributed by atoms with Crippen molar-refractivity contribution in [2.24, 2.45) is 0 Å². The number of para-hydroxylation sites is 1. The maximum Gasteiger partial charge on any atom is 0.0991 e. The number of nitriles is 1. The van der Waals surface area contributed by atoms with Gasteiger partial charge >= 0.3 is 0 Å². The van der Waals surface area contributed by atoms with Crippen LogP contribution in [0.4, 0.5) is 5.69 Å². The quantitative estimate of drug-likeness (QED) is 0.774. The van der Waals surface area contributed by atoms with E-state index >= 15 is 0 Å². The Morgan fingerprint density at radius 1 is 1.05 bits per heavy atom. The van der Waals surface area contributed by atoms with Crippen molar-refractivity contribution in [2.75, 3.05) is 5.32 Å². The van der Waals surface area contributed by atoms with Gasteiger partial charge in [-0.05, 0) is 36.8 Å². The fraction of sp³-hybridized carbons (Fsp3) is 0.111. The Labute approximate surface area is 123 Å². The van der Waals surface area contributed by atoms with Crippen LogP contribution in [-0.2, 0) is 0 Å². The molecule has 1 atom stereocenters. The number of hydrogen-bond donors (Lipinski definition) is 1. The number of aromatic nitrogens is 1. The molecule has 0 radical (unpaired) electrons. The Hall–Kier alpha value is -2.86. The van der Waals surface area contributed by atoms with Crippen LogP contribution in [-0.4, -0.2) is 4.98 Å². The van der Waals surface area contributed by atoms with E-state index in [0.717, 1.165) is 22.2 Å². The van der Waals surface area contributed by atoms with Gasteiger partial charge < -0.3 is 5.32 Å². The van der Waals surface area contributed by atoms with Gasteiger partial charge in [-0.25, -0.2) is 0 Å². The highest BCUT2D eigenvalue weighted by Gasteiger charge is 2.08. The molecule has 0 aliphatic carbocycles. The first-order chi connectivity index (χ1) is 10.3. The van der Waals surface area contributed by atoms with Gasteiger partial charge in [0.15, 0.2) is 0 Å². The number of nitrogens with zero attached hydrogens (tertiary/aromatic N) is 2. The van der Waals surface area contributed by atoms with Crippen LogP contribution in [0.25, 0.3) is 10.9 Å². The standard InChI is InChI=1S/C18H15N3/c1-13(15-9-7-14(12-19)8-10-15)21-17-6-2-4-16-5-3-11-20-18(16)17/h2-11,13,21H,1H3. The minimum absolute atomic E-state index is 0.144. The van der Waals surface area contributed by atoms with Crippen molar-refractivity contribution in [1.29, 1.82) is 5.26 Å². The third kappa shape index (κ3) is 2.70. The second kappa shape index (κ2) is 5.64. The molecule has 1 heterocycles. The number of rotatable bonds is 3. The van der Waals surface area contributed by atoms with Gasteiger partial charge in [0.2, 0.25) is 0 Å². The lowest BCUT2D eigenvalue weighted by Gasteiger charge is -2.17. The topological polar surface area (TPSA) is 48.7 Å². The molecule has 102 valence electrons. The summed E-state index contributed by atoms with van der Waals surface area (Å²) in [6.45, 7) is 2.10. The summed E-state index contributed by atoms with van der Waals surface area (Å²) in [4.78, 5) is 4.45. The molecule has 0 aliphatic rings. The van der Waals surface area contributed by atoms with Gasteiger partial charge in [0.25, 0.3) is 0 Å². The molecule has 0 spiro atoms. The normalized spacial score (nSPS) is 11.8. The number of nitrogens with one attached hydrogen (secondary N) is 1. The van der Waals surface area contributed by atoms with E-state index in [1.54, 1.807) is 6.20 Å². The summed E-state index contributed by atoms with van der Waals surface area (Å²) in [5.41, 5.74) is 3.81. The molecule has 3 aromatic rings. The predicted molar refractivity (Wildman–Crippen MR) is 84.9 cm³/mol. The first-order valence-electron chi connectivity index (χ1n) is 6.88. The molecule has 1 aromatic heterocycles. The average molecular weight is 273 g/mol. The fourth-order valence-corrected chi connectivity index (χ4v) is 2.38. The van der Waals surface area contributed by atoms with Crippen LogP contribution in [0.2, 0.25) is 0 Å². The summed E-state index contributed by atoms with van der Waals surface area (Å²) in [5, 5.41) is 13.5. The predicted octanol–water partition coefficient (Wildman–Crippen LogP) is 4.28. The molecule has 0 amide bonds. The van der Waals surface area contributed by atoms with Crippen molar-refractivity contribution >= 4 is 16.6 Å². The maximum atomic E-state index is 8.85. The van der Waals surface area contributed by atoms with Gasteiger partial charge in [0, 0.05) is 17.6 Å². The third-order valence-corrected chi connectivity index (χ3v) is 3.54. The SMILES string of the molecule is CC(Nc1cccc2cccnc12)c1ccc(C#N)cc1. The van der Waals surface area contributed by atoms with E-state index < -0.39 is 0 Å². The number of hydrogen-bond acceptors (Lipinski definition) is 3. The van der Waals surface area contributed by atoms with Crippen LogP contribution < -0.4 is 5.32 Å². The zero-order chi connectivity index (χ0) is 14.7. The number of benzene rings is 2. The highest BCUT2D eigenvalue weighted by atomic mass is 14.9. The molecular formula is C18H15N3. The molecule has 3 heteroatoms. The summed E-state index contributed by atoms with van der Waals surface area (Å²) in [5.74, 6) is 0. The summed E-state index contributed by atoms with van der Waals surface area (Å²) in [6.07, 6.45) is 1.81. The zero-order valence-corrected chi connectivity index (χ0v) is 11.7. The van der Waals surface area contributed by atoms with E-state index in [1.165, 1.54) is 0 Å². The maximum absolute atomic E-state index is 8.85. The van der Waals surface area contributed by atoms with Gasteiger partial charge in [-0.15, -0.1) is 0 Å². The summed E-state index contributed by atoms with van der Waals surface area (Å²) < 4.78 is 0. The zero-order valence-electron chi connectivity index (χ0n) is 11.7. The van der Waals surface area contributed by atoms with Gasteiger partial charge in [-0.1, -0.05) is 30.3 Å². The highest BCUT2D eigenvalue weighted by Crippen LogP contribution is 2.25. The van der Waals surface area contributed by atoms with E-state index in [4.69, 9.17) is 5.26 Å². The highest BCUT2D eigenvalue weighted by molar-refractivity contribution is 5.90. The minimum atomic E-state index is 0.144. The van der Waals surface area contributed by atoms with Crippen LogP contribution in [0.3, 0.4) is 0 Å². The number of pyridine rings is 1. The Kier molecular flexibility index (Phi) is 3.53. The second-order valence-electron chi connectivity index (χ2n) is 4.98. The van der Waals surface area contributed by atoms with Crippen molar-refractivity contribution in [3.05, 3.63) is 71.9 Å². The van der Waals surface area contributed by atoms with Crippen LogP contribution in [0.5, 0.6) is 0 Å². The average Bonchev–Trinajstić information content (AvgIpc) is 2.55. The molecule has 0 saturated carbocycles. The van der Waals surface area contributed by atoms with Crippen molar-refractivity contribution in [3.63, 3.8) is 0 Å². The second-order valence-corrected chi connectivity index (χ2v) is 4.98. The Bertz CT molecular complexity index is 795. The van der Waals surface area contributed by atoms with Crippen molar-refractivity contribution in [2.45, 2.75) is 13.0 Å². The van der Waals surface area contributed by atoms with Crippen LogP contribution >= 0.6 is 0 Å². The molecule has 3 rings (SSSR count). The largest absolute Gasteiger partial charge is 0.377 e. The molecule has 1 N–H and O–H groups in total. The first-order valence-corrected chi connectivity index (χ1v) is 6.88. The molecule has 2 aromatic carbocycles. The Morgan fingerprint density at radius 3 is 2.57 bits per heavy atom. The minimum Gasteiger partial charge on any atom is -0.377 e. The van der Waals surface area contributed by atoms with Crippen LogP contribution in [0.1, 0.15) is 24.1 Å². The molecule has 3 nitrogen and oxygen atoms in total. The van der Waals surface area contributed by atoms with E-state index in [-0.39, 0.29) is 6.04 Å². The third-order valence-electron chi connectivity index (χ3n) is 3.54. The lowest BCUT2D eigenvalue weighted by molar-refractivity contribution is 0.886. The van der Waals surface area contributed by atoms with Crippen LogP contribution in [0.15, 0.2) is 60.8 Å². The summed E-state index contributed by atoms with van der Waals surface area (Å²) in [7, 11) is 0. The van der Waals surface area contributed by atoms with E-state index in [2.05, 4.69) is 35.4 Å². The first kappa shape index (κ1) is 13.1. The van der Waals surface area contributed by atoms with Gasteiger partial charge in [0.05, 0.1) is 22.8 Å². The van der Waals surface area contributed by atoms with Crippen molar-refractivity contribution in [1.82, 2.24) is 4.98 Å². The van der Waals surface area contributed by atoms with Gasteiger partial charge in [-0.3, -0.25) is 4.98 Å². The van der Waals surface area contributed by atoms with Crippen molar-refractivity contribution in [3.8, 4) is 6.07 Å². The molecular weight excluding hydrogens is 258 g/mol. The van der Waals surface area contributed by atoms with E-state index in [1.807, 2.05) is 42.5 Å². The summed E-state index contributed by atoms with van der Waals surface area (Å²) in [6, 6.07) is 20.0. The summed E-state index contributed by atoms with van der Waals surface area (Å²) >= 11 is 0. The number of anilines is 1. The lowest BCUT2D eigenvalue weighted by atomic mass is 10.1.